The van der Waals surface area contributed by atoms with Crippen LogP contribution in [0, 0.1) is 6.92 Å². The molecular weight excluding hydrogens is 466 g/mol. The van der Waals surface area contributed by atoms with E-state index in [9.17, 15) is 13.2 Å². The third kappa shape index (κ3) is 5.34. The number of hydrogen-bond donors (Lipinski definition) is 2. The quantitative estimate of drug-likeness (QED) is 0.391. The molecule has 30 heavy (non-hydrogen) atoms. The highest BCUT2D eigenvalue weighted by Crippen LogP contribution is 2.16. The molecule has 0 bridgehead atoms. The standard InChI is InChI=1S/C22H20BrN3O3S/c1-15-6-3-4-9-21(15)22(27)24-19-8-5-7-17(14-19)16(2)25-26-30(28,29)20-12-10-18(23)11-13-20/h3-14,26H,1-2H3,(H,24,27)/b25-16-. The summed E-state index contributed by atoms with van der Waals surface area (Å²) in [6, 6.07) is 20.6. The second kappa shape index (κ2) is 9.23. The SMILES string of the molecule is C/C(=N/NS(=O)(=O)c1ccc(Br)cc1)c1cccc(NC(=O)c2ccccc2C)c1. The van der Waals surface area contributed by atoms with E-state index in [2.05, 4.69) is 31.2 Å². The molecule has 0 saturated heterocycles. The lowest BCUT2D eigenvalue weighted by Gasteiger charge is -2.10. The van der Waals surface area contributed by atoms with E-state index in [-0.39, 0.29) is 10.8 Å². The molecule has 0 unspecified atom stereocenters. The van der Waals surface area contributed by atoms with Crippen LogP contribution in [0.4, 0.5) is 5.69 Å². The van der Waals surface area contributed by atoms with Crippen LogP contribution in [0.2, 0.25) is 0 Å². The van der Waals surface area contributed by atoms with Crippen molar-refractivity contribution in [1.82, 2.24) is 4.83 Å². The molecular formula is C22H20BrN3O3S. The number of anilines is 1. The number of rotatable bonds is 6. The highest BCUT2D eigenvalue weighted by molar-refractivity contribution is 9.10. The summed E-state index contributed by atoms with van der Waals surface area (Å²) in [5, 5.41) is 6.87. The fourth-order valence-electron chi connectivity index (χ4n) is 2.71. The number of amides is 1. The largest absolute Gasteiger partial charge is 0.322 e. The summed E-state index contributed by atoms with van der Waals surface area (Å²) in [7, 11) is -3.78. The first kappa shape index (κ1) is 21.7. The van der Waals surface area contributed by atoms with Crippen LogP contribution in [0.1, 0.15) is 28.4 Å². The number of nitrogens with one attached hydrogen (secondary N) is 2. The van der Waals surface area contributed by atoms with Gasteiger partial charge in [-0.3, -0.25) is 4.79 Å². The topological polar surface area (TPSA) is 87.6 Å². The molecule has 0 radical (unpaired) electrons. The molecule has 0 heterocycles. The van der Waals surface area contributed by atoms with Gasteiger partial charge in [0.15, 0.2) is 0 Å². The van der Waals surface area contributed by atoms with E-state index in [1.807, 2.05) is 25.1 Å². The van der Waals surface area contributed by atoms with Crippen LogP contribution in [0.3, 0.4) is 0 Å². The van der Waals surface area contributed by atoms with Crippen LogP contribution in [-0.4, -0.2) is 20.0 Å². The molecule has 3 aromatic carbocycles. The number of halogens is 1. The number of carbonyl (C=O) groups excluding carboxylic acids is 1. The molecule has 0 aliphatic heterocycles. The molecule has 0 fully saturated rings. The Labute approximate surface area is 184 Å². The third-order valence-electron chi connectivity index (χ3n) is 4.39. The van der Waals surface area contributed by atoms with Crippen molar-refractivity contribution in [3.63, 3.8) is 0 Å². The van der Waals surface area contributed by atoms with Crippen molar-refractivity contribution in [3.05, 3.63) is 94.0 Å². The van der Waals surface area contributed by atoms with Crippen LogP contribution in [0.25, 0.3) is 0 Å². The maximum absolute atomic E-state index is 12.5. The smallest absolute Gasteiger partial charge is 0.276 e. The van der Waals surface area contributed by atoms with Gasteiger partial charge in [-0.05, 0) is 67.4 Å². The number of nitrogens with zero attached hydrogens (tertiary/aromatic N) is 1. The van der Waals surface area contributed by atoms with Crippen molar-refractivity contribution in [2.45, 2.75) is 18.7 Å². The molecule has 1 amide bonds. The molecule has 2 N–H and O–H groups in total. The predicted octanol–water partition coefficient (Wildman–Crippen LogP) is 4.71. The maximum atomic E-state index is 12.5. The second-order valence-corrected chi connectivity index (χ2v) is 9.17. The highest BCUT2D eigenvalue weighted by Gasteiger charge is 2.13. The van der Waals surface area contributed by atoms with E-state index in [0.717, 1.165) is 10.0 Å². The van der Waals surface area contributed by atoms with Gasteiger partial charge in [-0.1, -0.05) is 46.3 Å². The van der Waals surface area contributed by atoms with Crippen molar-refractivity contribution < 1.29 is 13.2 Å². The Morgan fingerprint density at radius 2 is 1.67 bits per heavy atom. The summed E-state index contributed by atoms with van der Waals surface area (Å²) in [4.78, 5) is 14.9. The average molecular weight is 486 g/mol. The molecule has 6 nitrogen and oxygen atoms in total. The molecule has 3 rings (SSSR count). The van der Waals surface area contributed by atoms with Gasteiger partial charge >= 0.3 is 0 Å². The third-order valence-corrected chi connectivity index (χ3v) is 6.14. The van der Waals surface area contributed by atoms with Crippen molar-refractivity contribution in [2.24, 2.45) is 5.10 Å². The summed E-state index contributed by atoms with van der Waals surface area (Å²) in [5.74, 6) is -0.212. The first-order valence-electron chi connectivity index (χ1n) is 9.05. The molecule has 154 valence electrons. The molecule has 8 heteroatoms. The van der Waals surface area contributed by atoms with E-state index in [0.29, 0.717) is 22.5 Å². The summed E-state index contributed by atoms with van der Waals surface area (Å²) in [6.45, 7) is 3.56. The summed E-state index contributed by atoms with van der Waals surface area (Å²) in [6.07, 6.45) is 0. The Balaban J connectivity index is 1.75. The van der Waals surface area contributed by atoms with Gasteiger partial charge in [-0.25, -0.2) is 0 Å². The van der Waals surface area contributed by atoms with Gasteiger partial charge in [0, 0.05) is 15.7 Å². The minimum atomic E-state index is -3.78. The van der Waals surface area contributed by atoms with Crippen LogP contribution < -0.4 is 10.1 Å². The number of sulfonamides is 1. The normalized spacial score (nSPS) is 11.8. The van der Waals surface area contributed by atoms with Crippen LogP contribution >= 0.6 is 15.9 Å². The fourth-order valence-corrected chi connectivity index (χ4v) is 3.83. The minimum Gasteiger partial charge on any atom is -0.322 e. The Bertz CT molecular complexity index is 1210. The molecule has 0 aliphatic carbocycles. The van der Waals surface area contributed by atoms with Gasteiger partial charge in [-0.15, -0.1) is 0 Å². The lowest BCUT2D eigenvalue weighted by Crippen LogP contribution is -2.20. The molecule has 0 spiro atoms. The number of aryl methyl sites for hydroxylation is 1. The Morgan fingerprint density at radius 3 is 2.37 bits per heavy atom. The number of benzene rings is 3. The first-order valence-corrected chi connectivity index (χ1v) is 11.3. The predicted molar refractivity (Wildman–Crippen MR) is 122 cm³/mol. The summed E-state index contributed by atoms with van der Waals surface area (Å²) < 4.78 is 25.6. The second-order valence-electron chi connectivity index (χ2n) is 6.60. The van der Waals surface area contributed by atoms with Gasteiger partial charge in [0.1, 0.15) is 0 Å². The lowest BCUT2D eigenvalue weighted by atomic mass is 10.1. The van der Waals surface area contributed by atoms with E-state index < -0.39 is 10.0 Å². The zero-order chi connectivity index (χ0) is 21.7. The van der Waals surface area contributed by atoms with Crippen molar-refractivity contribution in [1.29, 1.82) is 0 Å². The molecule has 3 aromatic rings. The van der Waals surface area contributed by atoms with Gasteiger partial charge in [0.2, 0.25) is 0 Å². The molecule has 0 aliphatic rings. The van der Waals surface area contributed by atoms with Gasteiger partial charge in [0.25, 0.3) is 15.9 Å². The van der Waals surface area contributed by atoms with Crippen LogP contribution in [0.5, 0.6) is 0 Å². The number of carbonyl (C=O) groups is 1. The average Bonchev–Trinajstić information content (AvgIpc) is 2.73. The highest BCUT2D eigenvalue weighted by atomic mass is 79.9. The monoisotopic (exact) mass is 485 g/mol. The minimum absolute atomic E-state index is 0.112. The van der Waals surface area contributed by atoms with Crippen LogP contribution in [0.15, 0.2) is 87.3 Å². The summed E-state index contributed by atoms with van der Waals surface area (Å²) >= 11 is 3.27. The van der Waals surface area contributed by atoms with E-state index >= 15 is 0 Å². The van der Waals surface area contributed by atoms with E-state index in [1.54, 1.807) is 49.4 Å². The molecule has 0 saturated carbocycles. The maximum Gasteiger partial charge on any atom is 0.276 e. The van der Waals surface area contributed by atoms with Crippen LogP contribution in [-0.2, 0) is 10.0 Å². The number of hydrogen-bond acceptors (Lipinski definition) is 4. The Hall–Kier alpha value is -2.97. The Morgan fingerprint density at radius 1 is 0.967 bits per heavy atom. The number of hydrazone groups is 1. The molecule has 0 aromatic heterocycles. The van der Waals surface area contributed by atoms with Gasteiger partial charge < -0.3 is 5.32 Å². The molecule has 0 atom stereocenters. The Kier molecular flexibility index (Phi) is 6.69. The fraction of sp³-hybridized carbons (Fsp3) is 0.0909. The lowest BCUT2D eigenvalue weighted by molar-refractivity contribution is 0.102. The van der Waals surface area contributed by atoms with E-state index in [4.69, 9.17) is 0 Å². The van der Waals surface area contributed by atoms with Crippen molar-refractivity contribution in [3.8, 4) is 0 Å². The van der Waals surface area contributed by atoms with Crippen molar-refractivity contribution in [2.75, 3.05) is 5.32 Å². The first-order chi connectivity index (χ1) is 14.3. The zero-order valence-electron chi connectivity index (χ0n) is 16.4. The van der Waals surface area contributed by atoms with E-state index in [1.165, 1.54) is 12.1 Å². The zero-order valence-corrected chi connectivity index (χ0v) is 18.8. The van der Waals surface area contributed by atoms with Crippen molar-refractivity contribution >= 4 is 43.3 Å². The van der Waals surface area contributed by atoms with Gasteiger partial charge in [0.05, 0.1) is 10.6 Å². The van der Waals surface area contributed by atoms with Gasteiger partial charge in [-0.2, -0.15) is 18.4 Å². The summed E-state index contributed by atoms with van der Waals surface area (Å²) in [5.41, 5.74) is 3.20.